The molecule has 4 heteroatoms. The number of fused-ring (bicyclic) bond motifs is 1. The van der Waals surface area contributed by atoms with Gasteiger partial charge >= 0.3 is 0 Å². The number of halogens is 1. The lowest BCUT2D eigenvalue weighted by molar-refractivity contribution is 0.167. The second-order valence-electron chi connectivity index (χ2n) is 5.90. The van der Waals surface area contributed by atoms with Crippen LogP contribution in [0.25, 0.3) is 10.8 Å². The lowest BCUT2D eigenvalue weighted by Crippen LogP contribution is -2.22. The third-order valence-corrected chi connectivity index (χ3v) is 5.51. The van der Waals surface area contributed by atoms with Crippen LogP contribution in [0.2, 0.25) is 0 Å². The van der Waals surface area contributed by atoms with Gasteiger partial charge in [0.05, 0.1) is 0 Å². The molecule has 2 atom stereocenters. The van der Waals surface area contributed by atoms with Crippen LogP contribution in [0.1, 0.15) is 11.3 Å². The van der Waals surface area contributed by atoms with Crippen LogP contribution in [0.15, 0.2) is 60.0 Å². The maximum absolute atomic E-state index is 6.61. The molecule has 3 aromatic rings. The first kappa shape index (κ1) is 16.3. The van der Waals surface area contributed by atoms with Crippen LogP contribution in [0.3, 0.4) is 0 Å². The van der Waals surface area contributed by atoms with Gasteiger partial charge in [-0.1, -0.05) is 42.5 Å². The van der Waals surface area contributed by atoms with Crippen LogP contribution in [-0.4, -0.2) is 13.6 Å². The molecular weight excluding hydrogens is 326 g/mol. The molecule has 1 aromatic heterocycles. The molecule has 0 bridgehead atoms. The highest BCUT2D eigenvalue weighted by molar-refractivity contribution is 7.10. The van der Waals surface area contributed by atoms with Gasteiger partial charge in [-0.2, -0.15) is 0 Å². The fraction of sp³-hybridized carbons (Fsp3) is 0.263. The summed E-state index contributed by atoms with van der Waals surface area (Å²) in [5.74, 6) is 1.53. The number of thiophene rings is 1. The van der Waals surface area contributed by atoms with Crippen molar-refractivity contribution in [2.75, 3.05) is 13.6 Å². The molecule has 0 radical (unpaired) electrons. The zero-order valence-electron chi connectivity index (χ0n) is 13.0. The third-order valence-electron chi connectivity index (χ3n) is 4.48. The fourth-order valence-corrected chi connectivity index (χ4v) is 4.22. The molecule has 1 aliphatic rings. The molecule has 1 heterocycles. The first-order chi connectivity index (χ1) is 10.8. The van der Waals surface area contributed by atoms with E-state index in [-0.39, 0.29) is 18.0 Å². The highest BCUT2D eigenvalue weighted by atomic mass is 35.5. The molecule has 1 aliphatic carbocycles. The van der Waals surface area contributed by atoms with Crippen LogP contribution in [0, 0.1) is 5.92 Å². The van der Waals surface area contributed by atoms with Crippen LogP contribution >= 0.6 is 23.7 Å². The molecule has 1 fully saturated rings. The van der Waals surface area contributed by atoms with Crippen molar-refractivity contribution in [1.82, 2.24) is 5.32 Å². The van der Waals surface area contributed by atoms with Gasteiger partial charge in [-0.05, 0) is 29.9 Å². The molecule has 1 saturated carbocycles. The summed E-state index contributed by atoms with van der Waals surface area (Å²) in [5.41, 5.74) is -0.151. The van der Waals surface area contributed by atoms with E-state index >= 15 is 0 Å². The van der Waals surface area contributed by atoms with E-state index in [4.69, 9.17) is 4.74 Å². The van der Waals surface area contributed by atoms with Crippen molar-refractivity contribution in [2.24, 2.45) is 5.92 Å². The summed E-state index contributed by atoms with van der Waals surface area (Å²) in [5, 5.41) is 7.85. The highest BCUT2D eigenvalue weighted by Crippen LogP contribution is 2.56. The molecule has 0 aliphatic heterocycles. The van der Waals surface area contributed by atoms with Crippen LogP contribution in [0.4, 0.5) is 0 Å². The predicted octanol–water partition coefficient (Wildman–Crippen LogP) is 4.84. The largest absolute Gasteiger partial charge is 0.481 e. The Hall–Kier alpha value is -1.55. The predicted molar refractivity (Wildman–Crippen MR) is 99.9 cm³/mol. The number of benzene rings is 2. The lowest BCUT2D eigenvalue weighted by Gasteiger charge is -2.20. The monoisotopic (exact) mass is 345 g/mol. The molecule has 0 saturated heterocycles. The highest BCUT2D eigenvalue weighted by Gasteiger charge is 2.58. The summed E-state index contributed by atoms with van der Waals surface area (Å²) >= 11 is 1.79. The van der Waals surface area contributed by atoms with Gasteiger partial charge in [-0.3, -0.25) is 0 Å². The standard InChI is InChI=1S/C19H19NOS.ClH/c1-20-13-15-12-19(15,18-10-5-11-22-18)21-17-9-4-7-14-6-2-3-8-16(14)17;/h2-11,15,20H,12-13H2,1H3;1H/t15-,19-;/m1./s1. The first-order valence-corrected chi connectivity index (χ1v) is 8.57. The van der Waals surface area contributed by atoms with Crippen molar-refractivity contribution < 1.29 is 4.74 Å². The summed E-state index contributed by atoms with van der Waals surface area (Å²) in [7, 11) is 2.01. The molecule has 0 amide bonds. The van der Waals surface area contributed by atoms with Crippen molar-refractivity contribution in [3.63, 3.8) is 0 Å². The smallest absolute Gasteiger partial charge is 0.148 e. The van der Waals surface area contributed by atoms with Gasteiger partial charge < -0.3 is 10.1 Å². The van der Waals surface area contributed by atoms with Crippen molar-refractivity contribution in [2.45, 2.75) is 12.0 Å². The summed E-state index contributed by atoms with van der Waals surface area (Å²) in [6.45, 7) is 0.989. The van der Waals surface area contributed by atoms with Crippen LogP contribution in [-0.2, 0) is 5.60 Å². The average Bonchev–Trinajstić information content (AvgIpc) is 2.99. The van der Waals surface area contributed by atoms with Crippen LogP contribution < -0.4 is 10.1 Å². The minimum absolute atomic E-state index is 0. The van der Waals surface area contributed by atoms with Gasteiger partial charge in [-0.15, -0.1) is 23.7 Å². The van der Waals surface area contributed by atoms with Gasteiger partial charge in [0.2, 0.25) is 0 Å². The molecular formula is C19H20ClNOS. The average molecular weight is 346 g/mol. The third kappa shape index (κ3) is 2.85. The van der Waals surface area contributed by atoms with Crippen molar-refractivity contribution >= 4 is 34.5 Å². The van der Waals surface area contributed by atoms with Gasteiger partial charge in [0, 0.05) is 29.1 Å². The van der Waals surface area contributed by atoms with Crippen LogP contribution in [0.5, 0.6) is 5.75 Å². The Morgan fingerprint density at radius 2 is 1.96 bits per heavy atom. The van der Waals surface area contributed by atoms with Gasteiger partial charge in [-0.25, -0.2) is 0 Å². The van der Waals surface area contributed by atoms with Crippen molar-refractivity contribution in [1.29, 1.82) is 0 Å². The topological polar surface area (TPSA) is 21.3 Å². The molecule has 4 rings (SSSR count). The van der Waals surface area contributed by atoms with Crippen molar-refractivity contribution in [3.05, 3.63) is 64.9 Å². The summed E-state index contributed by atoms with van der Waals surface area (Å²) < 4.78 is 6.61. The number of ether oxygens (including phenoxy) is 1. The Labute approximate surface area is 146 Å². The number of rotatable bonds is 5. The molecule has 2 aromatic carbocycles. The molecule has 2 nitrogen and oxygen atoms in total. The van der Waals surface area contributed by atoms with E-state index in [1.165, 1.54) is 15.6 Å². The first-order valence-electron chi connectivity index (χ1n) is 7.69. The van der Waals surface area contributed by atoms with Crippen molar-refractivity contribution in [3.8, 4) is 5.75 Å². The maximum atomic E-state index is 6.61. The Bertz CT molecular complexity index is 784. The second-order valence-corrected chi connectivity index (χ2v) is 6.85. The quantitative estimate of drug-likeness (QED) is 0.714. The van der Waals surface area contributed by atoms with Gasteiger partial charge in [0.1, 0.15) is 11.4 Å². The van der Waals surface area contributed by atoms with E-state index < -0.39 is 0 Å². The summed E-state index contributed by atoms with van der Waals surface area (Å²) in [6, 6.07) is 19.0. The SMILES string of the molecule is CNC[C@H]1C[C@]1(Oc1cccc2ccccc12)c1cccs1.Cl. The van der Waals surface area contributed by atoms with E-state index in [1.54, 1.807) is 11.3 Å². The molecule has 1 N–H and O–H groups in total. The molecule has 23 heavy (non-hydrogen) atoms. The molecule has 120 valence electrons. The number of hydrogen-bond donors (Lipinski definition) is 1. The Morgan fingerprint density at radius 3 is 2.74 bits per heavy atom. The fourth-order valence-electron chi connectivity index (χ4n) is 3.27. The Balaban J connectivity index is 0.00000156. The lowest BCUT2D eigenvalue weighted by atomic mass is 10.1. The minimum Gasteiger partial charge on any atom is -0.481 e. The van der Waals surface area contributed by atoms with E-state index in [9.17, 15) is 0 Å². The van der Waals surface area contributed by atoms with Gasteiger partial charge in [0.25, 0.3) is 0 Å². The molecule has 0 spiro atoms. The van der Waals surface area contributed by atoms with E-state index in [0.717, 1.165) is 18.7 Å². The second kappa shape index (κ2) is 6.52. The Kier molecular flexibility index (Phi) is 4.62. The Morgan fingerprint density at radius 1 is 1.13 bits per heavy atom. The zero-order valence-corrected chi connectivity index (χ0v) is 14.6. The van der Waals surface area contributed by atoms with Gasteiger partial charge in [0.15, 0.2) is 0 Å². The summed E-state index contributed by atoms with van der Waals surface area (Å²) in [6.07, 6.45) is 1.08. The zero-order chi connectivity index (χ0) is 15.0. The number of hydrogen-bond acceptors (Lipinski definition) is 3. The molecule has 0 unspecified atom stereocenters. The maximum Gasteiger partial charge on any atom is 0.148 e. The number of nitrogens with one attached hydrogen (secondary N) is 1. The summed E-state index contributed by atoms with van der Waals surface area (Å²) in [4.78, 5) is 1.33. The van der Waals surface area contributed by atoms with E-state index in [0.29, 0.717) is 5.92 Å². The van der Waals surface area contributed by atoms with E-state index in [1.807, 2.05) is 7.05 Å². The normalized spacial score (nSPS) is 22.6. The van der Waals surface area contributed by atoms with E-state index in [2.05, 4.69) is 65.3 Å². The minimum atomic E-state index is -0.151.